The van der Waals surface area contributed by atoms with Gasteiger partial charge in [0.05, 0.1) is 19.1 Å². The number of morpholine rings is 1. The van der Waals surface area contributed by atoms with Crippen LogP contribution in [0.25, 0.3) is 0 Å². The molecule has 2 saturated carbocycles. The Morgan fingerprint density at radius 3 is 2.91 bits per heavy atom. The molecule has 1 amide bonds. The number of aryl methyl sites for hydroxylation is 1. The summed E-state index contributed by atoms with van der Waals surface area (Å²) in [7, 11) is 0. The Labute approximate surface area is 129 Å². The molecule has 1 aliphatic heterocycles. The quantitative estimate of drug-likeness (QED) is 0.823. The minimum atomic E-state index is -0.238. The molecule has 3 fully saturated rings. The van der Waals surface area contributed by atoms with Crippen molar-refractivity contribution in [2.24, 2.45) is 23.5 Å². The lowest BCUT2D eigenvalue weighted by molar-refractivity contribution is -0.145. The first-order valence-electron chi connectivity index (χ1n) is 8.18. The van der Waals surface area contributed by atoms with E-state index in [2.05, 4.69) is 15.2 Å². The van der Waals surface area contributed by atoms with E-state index in [1.807, 2.05) is 11.8 Å². The van der Waals surface area contributed by atoms with Crippen LogP contribution in [0.3, 0.4) is 0 Å². The van der Waals surface area contributed by atoms with Crippen LogP contribution in [0.1, 0.15) is 37.0 Å². The summed E-state index contributed by atoms with van der Waals surface area (Å²) in [5, 5.41) is 6.99. The fourth-order valence-corrected chi connectivity index (χ4v) is 4.42. The Hall–Kier alpha value is -1.47. The molecule has 2 bridgehead atoms. The minimum absolute atomic E-state index is 0.00591. The minimum Gasteiger partial charge on any atom is -0.366 e. The van der Waals surface area contributed by atoms with E-state index in [0.717, 1.165) is 18.7 Å². The van der Waals surface area contributed by atoms with E-state index in [0.29, 0.717) is 37.4 Å². The van der Waals surface area contributed by atoms with Crippen molar-refractivity contribution in [2.45, 2.75) is 38.3 Å². The van der Waals surface area contributed by atoms with Crippen LogP contribution in [0, 0.1) is 24.7 Å². The first-order chi connectivity index (χ1) is 10.6. The molecular formula is C15H23N5O2. The van der Waals surface area contributed by atoms with Crippen molar-refractivity contribution < 1.29 is 9.53 Å². The van der Waals surface area contributed by atoms with Crippen molar-refractivity contribution in [2.75, 3.05) is 19.7 Å². The van der Waals surface area contributed by atoms with E-state index in [1.165, 1.54) is 6.42 Å². The van der Waals surface area contributed by atoms with E-state index in [1.54, 1.807) is 0 Å². The summed E-state index contributed by atoms with van der Waals surface area (Å²) in [5.41, 5.74) is 6.31. The van der Waals surface area contributed by atoms with Crippen molar-refractivity contribution in [1.29, 1.82) is 0 Å². The third kappa shape index (κ3) is 2.23. The topological polar surface area (TPSA) is 97.1 Å². The predicted octanol–water partition coefficient (Wildman–Crippen LogP) is 0.386. The van der Waals surface area contributed by atoms with Gasteiger partial charge in [0.25, 0.3) is 0 Å². The summed E-state index contributed by atoms with van der Waals surface area (Å²) in [6.07, 6.45) is 3.24. The van der Waals surface area contributed by atoms with E-state index >= 15 is 0 Å². The van der Waals surface area contributed by atoms with E-state index in [4.69, 9.17) is 10.5 Å². The van der Waals surface area contributed by atoms with Gasteiger partial charge in [0.15, 0.2) is 5.82 Å². The van der Waals surface area contributed by atoms with Crippen LogP contribution in [0.15, 0.2) is 0 Å². The van der Waals surface area contributed by atoms with Crippen LogP contribution in [0.5, 0.6) is 0 Å². The Bertz CT molecular complexity index is 572. The smallest absolute Gasteiger partial charge is 0.227 e. The number of hydrogen-bond acceptors (Lipinski definition) is 5. The number of nitrogens with one attached hydrogen (secondary N) is 1. The zero-order chi connectivity index (χ0) is 15.3. The number of ether oxygens (including phenoxy) is 1. The lowest BCUT2D eigenvalue weighted by atomic mass is 9.84. The summed E-state index contributed by atoms with van der Waals surface area (Å²) >= 11 is 0. The number of amides is 1. The highest BCUT2D eigenvalue weighted by molar-refractivity contribution is 5.80. The summed E-state index contributed by atoms with van der Waals surface area (Å²) in [6, 6.07) is 0.0401. The lowest BCUT2D eigenvalue weighted by Gasteiger charge is -2.36. The number of rotatable bonds is 2. The van der Waals surface area contributed by atoms with Gasteiger partial charge >= 0.3 is 0 Å². The Morgan fingerprint density at radius 1 is 1.41 bits per heavy atom. The number of aromatic nitrogens is 3. The van der Waals surface area contributed by atoms with Gasteiger partial charge in [-0.1, -0.05) is 0 Å². The number of aromatic amines is 1. The van der Waals surface area contributed by atoms with E-state index in [-0.39, 0.29) is 24.0 Å². The van der Waals surface area contributed by atoms with E-state index in [9.17, 15) is 4.79 Å². The van der Waals surface area contributed by atoms with Gasteiger partial charge in [0.2, 0.25) is 5.91 Å². The number of carbonyl (C=O) groups is 1. The van der Waals surface area contributed by atoms with Crippen LogP contribution in [0.2, 0.25) is 0 Å². The molecule has 7 heteroatoms. The number of H-pyrrole nitrogens is 1. The molecule has 0 aromatic carbocycles. The largest absolute Gasteiger partial charge is 0.366 e. The molecule has 3 aliphatic rings. The predicted molar refractivity (Wildman–Crippen MR) is 78.7 cm³/mol. The number of hydrogen-bond donors (Lipinski definition) is 2. The van der Waals surface area contributed by atoms with Gasteiger partial charge in [-0.25, -0.2) is 4.98 Å². The second-order valence-electron chi connectivity index (χ2n) is 6.86. The van der Waals surface area contributed by atoms with Crippen LogP contribution in [-0.2, 0) is 9.53 Å². The average molecular weight is 305 g/mol. The van der Waals surface area contributed by atoms with Crippen LogP contribution in [0.4, 0.5) is 0 Å². The van der Waals surface area contributed by atoms with Crippen molar-refractivity contribution in [3.05, 3.63) is 11.6 Å². The molecule has 1 aromatic rings. The second kappa shape index (κ2) is 5.31. The molecule has 0 spiro atoms. The molecular weight excluding hydrogens is 282 g/mol. The van der Waals surface area contributed by atoms with Crippen molar-refractivity contribution in [3.8, 4) is 0 Å². The van der Waals surface area contributed by atoms with Gasteiger partial charge in [0.1, 0.15) is 11.9 Å². The highest BCUT2D eigenvalue weighted by Crippen LogP contribution is 2.48. The Kier molecular flexibility index (Phi) is 3.41. The highest BCUT2D eigenvalue weighted by atomic mass is 16.5. The highest BCUT2D eigenvalue weighted by Gasteiger charge is 2.50. The maximum absolute atomic E-state index is 12.9. The lowest BCUT2D eigenvalue weighted by Crippen LogP contribution is -2.51. The molecule has 1 saturated heterocycles. The molecule has 22 heavy (non-hydrogen) atoms. The third-order valence-corrected chi connectivity index (χ3v) is 5.55. The fourth-order valence-electron chi connectivity index (χ4n) is 4.42. The summed E-state index contributed by atoms with van der Waals surface area (Å²) in [4.78, 5) is 19.2. The van der Waals surface area contributed by atoms with Crippen LogP contribution in [-0.4, -0.2) is 51.7 Å². The number of nitrogens with zero attached hydrogens (tertiary/aromatic N) is 3. The molecule has 5 unspecified atom stereocenters. The van der Waals surface area contributed by atoms with Gasteiger partial charge in [-0.2, -0.15) is 5.10 Å². The molecule has 120 valence electrons. The molecule has 7 nitrogen and oxygen atoms in total. The first kappa shape index (κ1) is 14.1. The van der Waals surface area contributed by atoms with Gasteiger partial charge < -0.3 is 15.4 Å². The molecule has 5 atom stereocenters. The zero-order valence-corrected chi connectivity index (χ0v) is 12.9. The Balaban J connectivity index is 1.47. The molecule has 4 rings (SSSR count). The normalized spacial score (nSPS) is 37.7. The van der Waals surface area contributed by atoms with Gasteiger partial charge in [-0.05, 0) is 38.0 Å². The summed E-state index contributed by atoms with van der Waals surface area (Å²) < 4.78 is 5.74. The zero-order valence-electron chi connectivity index (χ0n) is 12.9. The standard InChI is InChI=1S/C15H23N5O2/c1-8-17-14(19-18-8)11-7-20(4-5-22-11)15(21)12-9-2-3-10(6-9)13(12)16/h9-13H,2-7,16H2,1H3,(H,17,18,19). The number of nitrogens with two attached hydrogens (primary N) is 1. The third-order valence-electron chi connectivity index (χ3n) is 5.55. The van der Waals surface area contributed by atoms with Crippen molar-refractivity contribution in [3.63, 3.8) is 0 Å². The maximum atomic E-state index is 12.9. The van der Waals surface area contributed by atoms with Gasteiger partial charge in [-0.15, -0.1) is 0 Å². The van der Waals surface area contributed by atoms with Crippen molar-refractivity contribution >= 4 is 5.91 Å². The summed E-state index contributed by atoms with van der Waals surface area (Å²) in [5.74, 6) is 2.64. The number of fused-ring (bicyclic) bond motifs is 2. The molecule has 2 heterocycles. The monoisotopic (exact) mass is 305 g/mol. The first-order valence-corrected chi connectivity index (χ1v) is 8.18. The molecule has 2 aliphatic carbocycles. The average Bonchev–Trinajstić information content (AvgIpc) is 3.23. The summed E-state index contributed by atoms with van der Waals surface area (Å²) in [6.45, 7) is 3.55. The molecule has 1 aromatic heterocycles. The fraction of sp³-hybridized carbons (Fsp3) is 0.800. The molecule has 3 N–H and O–H groups in total. The van der Waals surface area contributed by atoms with Crippen LogP contribution < -0.4 is 5.73 Å². The van der Waals surface area contributed by atoms with E-state index < -0.39 is 0 Å². The number of carbonyl (C=O) groups excluding carboxylic acids is 1. The van der Waals surface area contributed by atoms with Crippen LogP contribution >= 0.6 is 0 Å². The van der Waals surface area contributed by atoms with Gasteiger partial charge in [0, 0.05) is 12.6 Å². The molecule has 0 radical (unpaired) electrons. The van der Waals surface area contributed by atoms with Crippen molar-refractivity contribution in [1.82, 2.24) is 20.1 Å². The second-order valence-corrected chi connectivity index (χ2v) is 6.86. The van der Waals surface area contributed by atoms with Gasteiger partial charge in [-0.3, -0.25) is 9.89 Å². The Morgan fingerprint density at radius 2 is 2.23 bits per heavy atom. The SMILES string of the molecule is Cc1nc(C2CN(C(=O)C3C4CCC(C4)C3N)CCO2)n[nH]1. The maximum Gasteiger partial charge on any atom is 0.227 e.